The fourth-order valence-electron chi connectivity index (χ4n) is 3.41. The summed E-state index contributed by atoms with van der Waals surface area (Å²) in [4.78, 5) is 12.6. The van der Waals surface area contributed by atoms with Crippen LogP contribution in [0.4, 0.5) is 0 Å². The van der Waals surface area contributed by atoms with Gasteiger partial charge in [0.2, 0.25) is 10.0 Å². The van der Waals surface area contributed by atoms with E-state index in [9.17, 15) is 13.2 Å². The Morgan fingerprint density at radius 3 is 2.38 bits per heavy atom. The van der Waals surface area contributed by atoms with Gasteiger partial charge >= 0.3 is 0 Å². The summed E-state index contributed by atoms with van der Waals surface area (Å²) in [5.74, 6) is 0.106. The maximum Gasteiger partial charge on any atom is 0.253 e. The van der Waals surface area contributed by atoms with Crippen molar-refractivity contribution in [1.29, 1.82) is 0 Å². The van der Waals surface area contributed by atoms with Crippen LogP contribution in [0.5, 0.6) is 5.75 Å². The number of amides is 1. The highest BCUT2D eigenvalue weighted by atomic mass is 35.5. The molecule has 1 saturated heterocycles. The lowest BCUT2D eigenvalue weighted by Crippen LogP contribution is -2.46. The SMILES string of the molecule is COc1cc(C)c(C)cc1S(=O)(=O)N1CCC(NC(=O)c2ccccc2Cl)CC1. The third-order valence-corrected chi connectivity index (χ3v) is 7.55. The number of nitrogens with one attached hydrogen (secondary N) is 1. The molecule has 0 radical (unpaired) electrons. The van der Waals surface area contributed by atoms with Crippen molar-refractivity contribution in [2.45, 2.75) is 37.6 Å². The Labute approximate surface area is 176 Å². The second-order valence-corrected chi connectivity index (χ2v) is 9.53. The predicted molar refractivity (Wildman–Crippen MR) is 113 cm³/mol. The van der Waals surface area contributed by atoms with E-state index in [2.05, 4.69) is 5.32 Å². The van der Waals surface area contributed by atoms with Crippen LogP contribution in [-0.2, 0) is 10.0 Å². The smallest absolute Gasteiger partial charge is 0.253 e. The number of ether oxygens (including phenoxy) is 1. The molecule has 0 spiro atoms. The number of sulfonamides is 1. The molecule has 29 heavy (non-hydrogen) atoms. The molecule has 0 aromatic heterocycles. The standard InChI is InChI=1S/C21H25ClN2O4S/c1-14-12-19(28-3)20(13-15(14)2)29(26,27)24-10-8-16(9-11-24)23-21(25)17-6-4-5-7-18(17)22/h4-7,12-13,16H,8-11H2,1-3H3,(H,23,25). The van der Waals surface area contributed by atoms with Crippen LogP contribution in [0.1, 0.15) is 34.3 Å². The molecule has 6 nitrogen and oxygen atoms in total. The quantitative estimate of drug-likeness (QED) is 0.777. The van der Waals surface area contributed by atoms with E-state index in [1.54, 1.807) is 36.4 Å². The average molecular weight is 437 g/mol. The number of rotatable bonds is 5. The first kappa shape index (κ1) is 21.6. The molecule has 1 fully saturated rings. The molecule has 3 rings (SSSR count). The van der Waals surface area contributed by atoms with E-state index in [0.29, 0.717) is 42.3 Å². The van der Waals surface area contributed by atoms with E-state index >= 15 is 0 Å². The van der Waals surface area contributed by atoms with Gasteiger partial charge in [-0.25, -0.2) is 8.42 Å². The van der Waals surface area contributed by atoms with Crippen molar-refractivity contribution >= 4 is 27.5 Å². The number of hydrogen-bond donors (Lipinski definition) is 1. The molecule has 8 heteroatoms. The van der Waals surface area contributed by atoms with Crippen molar-refractivity contribution in [3.05, 3.63) is 58.1 Å². The van der Waals surface area contributed by atoms with Crippen LogP contribution in [0, 0.1) is 13.8 Å². The summed E-state index contributed by atoms with van der Waals surface area (Å²) in [7, 11) is -2.21. The first-order valence-corrected chi connectivity index (χ1v) is 11.3. The lowest BCUT2D eigenvalue weighted by molar-refractivity contribution is 0.0924. The summed E-state index contributed by atoms with van der Waals surface area (Å²) < 4.78 is 33.1. The van der Waals surface area contributed by atoms with Crippen LogP contribution < -0.4 is 10.1 Å². The van der Waals surface area contributed by atoms with Gasteiger partial charge in [-0.2, -0.15) is 4.31 Å². The van der Waals surface area contributed by atoms with Gasteiger partial charge in [-0.15, -0.1) is 0 Å². The van der Waals surface area contributed by atoms with Crippen LogP contribution in [-0.4, -0.2) is 44.9 Å². The molecule has 0 atom stereocenters. The number of halogens is 1. The molecule has 0 unspecified atom stereocenters. The molecule has 2 aromatic rings. The lowest BCUT2D eigenvalue weighted by atomic mass is 10.1. The Hall–Kier alpha value is -2.09. The highest BCUT2D eigenvalue weighted by Gasteiger charge is 2.32. The van der Waals surface area contributed by atoms with Crippen molar-refractivity contribution in [1.82, 2.24) is 9.62 Å². The van der Waals surface area contributed by atoms with Gasteiger partial charge in [0.15, 0.2) is 0 Å². The second-order valence-electron chi connectivity index (χ2n) is 7.22. The zero-order valence-corrected chi connectivity index (χ0v) is 18.3. The summed E-state index contributed by atoms with van der Waals surface area (Å²) in [6.07, 6.45) is 1.06. The topological polar surface area (TPSA) is 75.7 Å². The van der Waals surface area contributed by atoms with Gasteiger partial charge in [0, 0.05) is 19.1 Å². The molecule has 156 valence electrons. The first-order valence-electron chi connectivity index (χ1n) is 9.45. The van der Waals surface area contributed by atoms with Crippen LogP contribution >= 0.6 is 11.6 Å². The third-order valence-electron chi connectivity index (χ3n) is 5.31. The van der Waals surface area contributed by atoms with E-state index in [1.165, 1.54) is 11.4 Å². The molecule has 1 heterocycles. The van der Waals surface area contributed by atoms with Gasteiger partial charge in [-0.05, 0) is 62.1 Å². The van der Waals surface area contributed by atoms with Gasteiger partial charge < -0.3 is 10.1 Å². The zero-order valence-electron chi connectivity index (χ0n) is 16.7. The summed E-state index contributed by atoms with van der Waals surface area (Å²) in [5.41, 5.74) is 2.29. The number of hydrogen-bond acceptors (Lipinski definition) is 4. The Balaban J connectivity index is 1.70. The van der Waals surface area contributed by atoms with Gasteiger partial charge in [0.05, 0.1) is 17.7 Å². The number of nitrogens with zero attached hydrogens (tertiary/aromatic N) is 1. The van der Waals surface area contributed by atoms with Crippen LogP contribution in [0.3, 0.4) is 0 Å². The number of carbonyl (C=O) groups excluding carboxylic acids is 1. The Kier molecular flexibility index (Phi) is 6.51. The first-order chi connectivity index (χ1) is 13.7. The summed E-state index contributed by atoms with van der Waals surface area (Å²) in [6.45, 7) is 4.45. The summed E-state index contributed by atoms with van der Waals surface area (Å²) in [6, 6.07) is 10.2. The van der Waals surface area contributed by atoms with E-state index in [1.807, 2.05) is 13.8 Å². The number of benzene rings is 2. The van der Waals surface area contributed by atoms with E-state index in [-0.39, 0.29) is 16.8 Å². The number of methoxy groups -OCH3 is 1. The van der Waals surface area contributed by atoms with Crippen molar-refractivity contribution in [2.24, 2.45) is 0 Å². The average Bonchev–Trinajstić information content (AvgIpc) is 2.70. The normalized spacial score (nSPS) is 15.9. The molecule has 2 aromatic carbocycles. The maximum atomic E-state index is 13.2. The van der Waals surface area contributed by atoms with Gasteiger partial charge in [-0.3, -0.25) is 4.79 Å². The largest absolute Gasteiger partial charge is 0.495 e. The fourth-order valence-corrected chi connectivity index (χ4v) is 5.33. The maximum absolute atomic E-state index is 13.2. The van der Waals surface area contributed by atoms with Crippen molar-refractivity contribution in [3.8, 4) is 5.75 Å². The van der Waals surface area contributed by atoms with Crippen molar-refractivity contribution in [3.63, 3.8) is 0 Å². The van der Waals surface area contributed by atoms with Crippen LogP contribution in [0.25, 0.3) is 0 Å². The molecule has 1 N–H and O–H groups in total. The molecule has 0 bridgehead atoms. The monoisotopic (exact) mass is 436 g/mol. The third kappa shape index (κ3) is 4.57. The van der Waals surface area contributed by atoms with Gasteiger partial charge in [-0.1, -0.05) is 23.7 Å². The summed E-state index contributed by atoms with van der Waals surface area (Å²) >= 11 is 6.08. The second kappa shape index (κ2) is 8.73. The lowest BCUT2D eigenvalue weighted by Gasteiger charge is -2.32. The molecule has 1 amide bonds. The van der Waals surface area contributed by atoms with Crippen LogP contribution in [0.2, 0.25) is 5.02 Å². The predicted octanol–water partition coefficient (Wildman–Crippen LogP) is 3.55. The molecular weight excluding hydrogens is 412 g/mol. The Morgan fingerprint density at radius 2 is 1.76 bits per heavy atom. The number of aryl methyl sites for hydroxylation is 2. The Bertz CT molecular complexity index is 1020. The highest BCUT2D eigenvalue weighted by Crippen LogP contribution is 2.31. The Morgan fingerprint density at radius 1 is 1.14 bits per heavy atom. The van der Waals surface area contributed by atoms with E-state index < -0.39 is 10.0 Å². The minimum Gasteiger partial charge on any atom is -0.495 e. The minimum atomic E-state index is -3.68. The van der Waals surface area contributed by atoms with Crippen LogP contribution in [0.15, 0.2) is 41.3 Å². The summed E-state index contributed by atoms with van der Waals surface area (Å²) in [5, 5.41) is 3.35. The van der Waals surface area contributed by atoms with Crippen molar-refractivity contribution in [2.75, 3.05) is 20.2 Å². The zero-order chi connectivity index (χ0) is 21.2. The van der Waals surface area contributed by atoms with Gasteiger partial charge in [0.25, 0.3) is 5.91 Å². The minimum absolute atomic E-state index is 0.105. The molecule has 1 aliphatic heterocycles. The number of carbonyl (C=O) groups is 1. The number of piperidine rings is 1. The fraction of sp³-hybridized carbons (Fsp3) is 0.381. The van der Waals surface area contributed by atoms with E-state index in [4.69, 9.17) is 16.3 Å². The van der Waals surface area contributed by atoms with Crippen molar-refractivity contribution < 1.29 is 17.9 Å². The van der Waals surface area contributed by atoms with Gasteiger partial charge in [0.1, 0.15) is 10.6 Å². The molecular formula is C21H25ClN2O4S. The van der Waals surface area contributed by atoms with E-state index in [0.717, 1.165) is 11.1 Å². The molecule has 0 saturated carbocycles. The molecule has 0 aliphatic carbocycles. The highest BCUT2D eigenvalue weighted by molar-refractivity contribution is 7.89. The molecule has 1 aliphatic rings.